The SMILES string of the molecule is CC1CN(S(=O)(=O)c2ccccc2NN)CC(CO)O1. The third-order valence-corrected chi connectivity index (χ3v) is 5.05. The zero-order valence-corrected chi connectivity index (χ0v) is 12.0. The number of nitrogens with zero attached hydrogens (tertiary/aromatic N) is 1. The highest BCUT2D eigenvalue weighted by atomic mass is 32.2. The summed E-state index contributed by atoms with van der Waals surface area (Å²) in [5, 5.41) is 9.18. The lowest BCUT2D eigenvalue weighted by molar-refractivity contribution is -0.0750. The van der Waals surface area contributed by atoms with Gasteiger partial charge >= 0.3 is 0 Å². The standard InChI is InChI=1S/C12H19N3O4S/c1-9-6-15(7-10(8-16)19-9)20(17,18)12-5-3-2-4-11(12)14-13/h2-5,9-10,14,16H,6-8,13H2,1H3. The van der Waals surface area contributed by atoms with Crippen molar-refractivity contribution in [1.82, 2.24) is 4.31 Å². The van der Waals surface area contributed by atoms with Crippen molar-refractivity contribution in [3.05, 3.63) is 24.3 Å². The molecule has 112 valence electrons. The number of hydrazine groups is 1. The van der Waals surface area contributed by atoms with Crippen LogP contribution in [0.5, 0.6) is 0 Å². The molecular weight excluding hydrogens is 282 g/mol. The fourth-order valence-corrected chi connectivity index (χ4v) is 3.95. The van der Waals surface area contributed by atoms with Gasteiger partial charge in [-0.25, -0.2) is 8.42 Å². The molecule has 0 aromatic heterocycles. The number of para-hydroxylation sites is 1. The lowest BCUT2D eigenvalue weighted by Crippen LogP contribution is -2.50. The van der Waals surface area contributed by atoms with Crippen molar-refractivity contribution >= 4 is 15.7 Å². The van der Waals surface area contributed by atoms with E-state index in [-0.39, 0.29) is 30.7 Å². The van der Waals surface area contributed by atoms with E-state index in [1.54, 1.807) is 25.1 Å². The Morgan fingerprint density at radius 1 is 1.45 bits per heavy atom. The van der Waals surface area contributed by atoms with Crippen LogP contribution in [0.3, 0.4) is 0 Å². The Balaban J connectivity index is 2.34. The summed E-state index contributed by atoms with van der Waals surface area (Å²) in [6, 6.07) is 6.44. The lowest BCUT2D eigenvalue weighted by atomic mass is 10.2. The predicted octanol–water partition coefficient (Wildman–Crippen LogP) is -0.257. The van der Waals surface area contributed by atoms with Crippen LogP contribution in [0.15, 0.2) is 29.2 Å². The van der Waals surface area contributed by atoms with Crippen LogP contribution in [0.2, 0.25) is 0 Å². The van der Waals surface area contributed by atoms with Crippen LogP contribution in [-0.2, 0) is 14.8 Å². The summed E-state index contributed by atoms with van der Waals surface area (Å²) in [5.41, 5.74) is 2.73. The summed E-state index contributed by atoms with van der Waals surface area (Å²) < 4.78 is 32.1. The van der Waals surface area contributed by atoms with Gasteiger partial charge < -0.3 is 15.3 Å². The van der Waals surface area contributed by atoms with Gasteiger partial charge in [-0.2, -0.15) is 4.31 Å². The van der Waals surface area contributed by atoms with Crippen molar-refractivity contribution in [3.63, 3.8) is 0 Å². The van der Waals surface area contributed by atoms with E-state index in [1.165, 1.54) is 10.4 Å². The molecule has 8 heteroatoms. The summed E-state index contributed by atoms with van der Waals surface area (Å²) >= 11 is 0. The second-order valence-electron chi connectivity index (χ2n) is 4.71. The number of nitrogens with one attached hydrogen (secondary N) is 1. The number of morpholine rings is 1. The Morgan fingerprint density at radius 3 is 2.80 bits per heavy atom. The molecule has 1 heterocycles. The highest BCUT2D eigenvalue weighted by Gasteiger charge is 2.34. The van der Waals surface area contributed by atoms with Crippen molar-refractivity contribution in [2.24, 2.45) is 5.84 Å². The fraction of sp³-hybridized carbons (Fsp3) is 0.500. The number of aliphatic hydroxyl groups is 1. The number of aliphatic hydroxyl groups excluding tert-OH is 1. The van der Waals surface area contributed by atoms with Crippen LogP contribution >= 0.6 is 0 Å². The monoisotopic (exact) mass is 301 g/mol. The molecule has 0 radical (unpaired) electrons. The molecular formula is C12H19N3O4S. The third-order valence-electron chi connectivity index (χ3n) is 3.16. The molecule has 1 aliphatic heterocycles. The summed E-state index contributed by atoms with van der Waals surface area (Å²) in [6.07, 6.45) is -0.778. The second kappa shape index (κ2) is 6.06. The number of hydrogen-bond donors (Lipinski definition) is 3. The first-order valence-electron chi connectivity index (χ1n) is 6.31. The molecule has 2 atom stereocenters. The molecule has 4 N–H and O–H groups in total. The summed E-state index contributed by atoms with van der Waals surface area (Å²) in [4.78, 5) is 0.119. The minimum absolute atomic E-state index is 0.119. The van der Waals surface area contributed by atoms with Gasteiger partial charge in [0.05, 0.1) is 24.5 Å². The number of hydrogen-bond acceptors (Lipinski definition) is 6. The normalized spacial score (nSPS) is 24.6. The number of rotatable bonds is 4. The minimum Gasteiger partial charge on any atom is -0.394 e. The first-order chi connectivity index (χ1) is 9.48. The molecule has 1 aromatic rings. The summed E-state index contributed by atoms with van der Waals surface area (Å²) in [6.45, 7) is 1.93. The number of nitrogen functional groups attached to an aromatic ring is 1. The van der Waals surface area contributed by atoms with E-state index < -0.39 is 16.1 Å². The quantitative estimate of drug-likeness (QED) is 0.523. The zero-order chi connectivity index (χ0) is 14.8. The second-order valence-corrected chi connectivity index (χ2v) is 6.62. The zero-order valence-electron chi connectivity index (χ0n) is 11.2. The predicted molar refractivity (Wildman–Crippen MR) is 74.4 cm³/mol. The molecule has 0 aliphatic carbocycles. The van der Waals surface area contributed by atoms with E-state index in [2.05, 4.69) is 5.43 Å². The average Bonchev–Trinajstić information content (AvgIpc) is 2.46. The molecule has 7 nitrogen and oxygen atoms in total. The van der Waals surface area contributed by atoms with E-state index in [0.717, 1.165) is 0 Å². The molecule has 20 heavy (non-hydrogen) atoms. The Hall–Kier alpha value is -1.19. The van der Waals surface area contributed by atoms with Crippen LogP contribution in [-0.4, -0.2) is 49.7 Å². The van der Waals surface area contributed by atoms with Crippen molar-refractivity contribution < 1.29 is 18.3 Å². The van der Waals surface area contributed by atoms with Crippen LogP contribution in [0.4, 0.5) is 5.69 Å². The molecule has 0 bridgehead atoms. The van der Waals surface area contributed by atoms with Gasteiger partial charge in [0.25, 0.3) is 0 Å². The fourth-order valence-electron chi connectivity index (χ4n) is 2.25. The smallest absolute Gasteiger partial charge is 0.245 e. The van der Waals surface area contributed by atoms with E-state index >= 15 is 0 Å². The van der Waals surface area contributed by atoms with Gasteiger partial charge in [0.1, 0.15) is 4.90 Å². The largest absolute Gasteiger partial charge is 0.394 e. The topological polar surface area (TPSA) is 105 Å². The number of anilines is 1. The van der Waals surface area contributed by atoms with Crippen LogP contribution in [0.1, 0.15) is 6.92 Å². The van der Waals surface area contributed by atoms with Gasteiger partial charge in [0.15, 0.2) is 0 Å². The number of sulfonamides is 1. The van der Waals surface area contributed by atoms with Crippen molar-refractivity contribution in [2.45, 2.75) is 24.0 Å². The Bertz CT molecular complexity index is 564. The van der Waals surface area contributed by atoms with Gasteiger partial charge in [-0.15, -0.1) is 0 Å². The average molecular weight is 301 g/mol. The van der Waals surface area contributed by atoms with Gasteiger partial charge in [-0.05, 0) is 19.1 Å². The highest BCUT2D eigenvalue weighted by Crippen LogP contribution is 2.26. The molecule has 0 amide bonds. The molecule has 2 unspecified atom stereocenters. The number of nitrogens with two attached hydrogens (primary N) is 1. The molecule has 1 saturated heterocycles. The van der Waals surface area contributed by atoms with Crippen molar-refractivity contribution in [2.75, 3.05) is 25.1 Å². The van der Waals surface area contributed by atoms with E-state index in [0.29, 0.717) is 5.69 Å². The van der Waals surface area contributed by atoms with Gasteiger partial charge in [0.2, 0.25) is 10.0 Å². The lowest BCUT2D eigenvalue weighted by Gasteiger charge is -2.35. The Kier molecular flexibility index (Phi) is 4.61. The molecule has 1 fully saturated rings. The first kappa shape index (κ1) is 15.2. The Morgan fingerprint density at radius 2 is 2.15 bits per heavy atom. The van der Waals surface area contributed by atoms with Crippen LogP contribution in [0, 0.1) is 0 Å². The maximum absolute atomic E-state index is 12.7. The maximum atomic E-state index is 12.7. The molecule has 1 aliphatic rings. The number of benzene rings is 1. The number of ether oxygens (including phenoxy) is 1. The van der Waals surface area contributed by atoms with Crippen molar-refractivity contribution in [3.8, 4) is 0 Å². The molecule has 1 aromatic carbocycles. The Labute approximate surface area is 118 Å². The molecule has 0 spiro atoms. The third kappa shape index (κ3) is 2.94. The summed E-state index contributed by atoms with van der Waals surface area (Å²) in [7, 11) is -3.68. The van der Waals surface area contributed by atoms with E-state index in [1.807, 2.05) is 0 Å². The van der Waals surface area contributed by atoms with E-state index in [4.69, 9.17) is 10.6 Å². The first-order valence-corrected chi connectivity index (χ1v) is 7.75. The van der Waals surface area contributed by atoms with Gasteiger partial charge in [-0.1, -0.05) is 12.1 Å². The summed E-state index contributed by atoms with van der Waals surface area (Å²) in [5.74, 6) is 5.36. The molecule has 2 rings (SSSR count). The highest BCUT2D eigenvalue weighted by molar-refractivity contribution is 7.89. The van der Waals surface area contributed by atoms with Gasteiger partial charge in [0, 0.05) is 13.1 Å². The van der Waals surface area contributed by atoms with Gasteiger partial charge in [-0.3, -0.25) is 5.84 Å². The van der Waals surface area contributed by atoms with E-state index in [9.17, 15) is 13.5 Å². The molecule has 0 saturated carbocycles. The maximum Gasteiger partial charge on any atom is 0.245 e. The van der Waals surface area contributed by atoms with Crippen LogP contribution in [0.25, 0.3) is 0 Å². The van der Waals surface area contributed by atoms with Crippen molar-refractivity contribution in [1.29, 1.82) is 0 Å². The minimum atomic E-state index is -3.68. The van der Waals surface area contributed by atoms with Crippen LogP contribution < -0.4 is 11.3 Å².